The lowest BCUT2D eigenvalue weighted by Gasteiger charge is -2.07. The number of carboxylic acid groups (broad SMARTS) is 1. The van der Waals surface area contributed by atoms with Gasteiger partial charge in [0.1, 0.15) is 17.0 Å². The molecule has 0 aliphatic heterocycles. The van der Waals surface area contributed by atoms with Gasteiger partial charge in [-0.05, 0) is 25.1 Å². The smallest absolute Gasteiger partial charge is 0.339 e. The second-order valence-corrected chi connectivity index (χ2v) is 6.06. The fraction of sp³-hybridized carbons (Fsp3) is 0.125. The first kappa shape index (κ1) is 16.7. The van der Waals surface area contributed by atoms with Gasteiger partial charge in [-0.2, -0.15) is 0 Å². The largest absolute Gasteiger partial charge is 0.496 e. The molecule has 0 atom stereocenters. The molecule has 25 heavy (non-hydrogen) atoms. The minimum absolute atomic E-state index is 0.103. The monoisotopic (exact) mass is 359 g/mol. The average molecular weight is 359 g/mol. The number of amides is 1. The van der Waals surface area contributed by atoms with Gasteiger partial charge < -0.3 is 19.7 Å². The Balaban J connectivity index is 1.80. The number of carboxylic acids is 1. The van der Waals surface area contributed by atoms with E-state index in [1.807, 2.05) is 12.3 Å². The van der Waals surface area contributed by atoms with Crippen molar-refractivity contribution in [1.29, 1.82) is 0 Å². The lowest BCUT2D eigenvalue weighted by molar-refractivity contribution is 0.0693. The summed E-state index contributed by atoms with van der Waals surface area (Å²) >= 11 is 1.47. The highest BCUT2D eigenvalue weighted by atomic mass is 32.1. The number of anilines is 1. The highest BCUT2D eigenvalue weighted by Gasteiger charge is 2.17. The van der Waals surface area contributed by atoms with Crippen LogP contribution in [-0.2, 0) is 0 Å². The van der Waals surface area contributed by atoms with Crippen molar-refractivity contribution in [2.24, 2.45) is 0 Å². The lowest BCUT2D eigenvalue weighted by atomic mass is 10.1. The molecule has 3 aromatic rings. The maximum atomic E-state index is 12.3. The van der Waals surface area contributed by atoms with Gasteiger partial charge in [-0.1, -0.05) is 5.16 Å². The van der Waals surface area contributed by atoms with Crippen LogP contribution in [0.2, 0.25) is 0 Å². The van der Waals surface area contributed by atoms with Crippen LogP contribution in [0.5, 0.6) is 5.75 Å². The van der Waals surface area contributed by atoms with Crippen molar-refractivity contribution in [2.75, 3.05) is 12.4 Å². The number of thiazole rings is 1. The molecule has 1 amide bonds. The number of benzene rings is 1. The third kappa shape index (κ3) is 3.50. The zero-order chi connectivity index (χ0) is 18.0. The molecule has 0 fully saturated rings. The number of carbonyl (C=O) groups excluding carboxylic acids is 1. The molecule has 0 aliphatic carbocycles. The Bertz CT molecular complexity index is 947. The van der Waals surface area contributed by atoms with Gasteiger partial charge in [0.05, 0.1) is 12.1 Å². The number of methoxy groups -OCH3 is 1. The Kier molecular flexibility index (Phi) is 4.48. The molecule has 0 bridgehead atoms. The number of hydrogen-bond donors (Lipinski definition) is 2. The van der Waals surface area contributed by atoms with Crippen LogP contribution in [0.3, 0.4) is 0 Å². The van der Waals surface area contributed by atoms with Crippen molar-refractivity contribution in [2.45, 2.75) is 6.92 Å². The summed E-state index contributed by atoms with van der Waals surface area (Å²) in [7, 11) is 1.36. The van der Waals surface area contributed by atoms with E-state index in [1.54, 1.807) is 6.07 Å². The zero-order valence-corrected chi connectivity index (χ0v) is 14.1. The van der Waals surface area contributed by atoms with E-state index in [9.17, 15) is 14.7 Å². The van der Waals surface area contributed by atoms with E-state index in [0.717, 1.165) is 5.01 Å². The molecule has 0 saturated heterocycles. The molecular formula is C16H13N3O5S. The molecule has 1 aromatic carbocycles. The molecule has 8 nitrogen and oxygen atoms in total. The van der Waals surface area contributed by atoms with Gasteiger partial charge in [0.25, 0.3) is 5.91 Å². The number of rotatable bonds is 5. The van der Waals surface area contributed by atoms with Crippen molar-refractivity contribution in [1.82, 2.24) is 10.1 Å². The van der Waals surface area contributed by atoms with E-state index in [2.05, 4.69) is 15.5 Å². The average Bonchev–Trinajstić information content (AvgIpc) is 3.23. The van der Waals surface area contributed by atoms with E-state index in [1.165, 1.54) is 36.6 Å². The highest BCUT2D eigenvalue weighted by Crippen LogP contribution is 2.25. The van der Waals surface area contributed by atoms with Crippen LogP contribution in [-0.4, -0.2) is 34.2 Å². The van der Waals surface area contributed by atoms with Gasteiger partial charge in [-0.25, -0.2) is 9.78 Å². The third-order valence-electron chi connectivity index (χ3n) is 3.32. The Morgan fingerprint density at radius 1 is 1.32 bits per heavy atom. The van der Waals surface area contributed by atoms with E-state index in [0.29, 0.717) is 11.5 Å². The fourth-order valence-corrected chi connectivity index (χ4v) is 2.74. The summed E-state index contributed by atoms with van der Waals surface area (Å²) in [5.74, 6) is -0.890. The van der Waals surface area contributed by atoms with Crippen LogP contribution >= 0.6 is 11.3 Å². The molecule has 0 spiro atoms. The van der Waals surface area contributed by atoms with Crippen LogP contribution in [0.1, 0.15) is 25.7 Å². The minimum Gasteiger partial charge on any atom is -0.496 e. The highest BCUT2D eigenvalue weighted by molar-refractivity contribution is 7.09. The van der Waals surface area contributed by atoms with Gasteiger partial charge in [-0.3, -0.25) is 4.79 Å². The van der Waals surface area contributed by atoms with E-state index < -0.39 is 11.9 Å². The molecule has 3 rings (SSSR count). The summed E-state index contributed by atoms with van der Waals surface area (Å²) in [6.07, 6.45) is 0. The molecule has 0 saturated carbocycles. The van der Waals surface area contributed by atoms with Crippen molar-refractivity contribution in [3.63, 3.8) is 0 Å². The summed E-state index contributed by atoms with van der Waals surface area (Å²) in [6.45, 7) is 1.87. The van der Waals surface area contributed by atoms with Gasteiger partial charge >= 0.3 is 5.97 Å². The Hall–Kier alpha value is -3.20. The van der Waals surface area contributed by atoms with Gasteiger partial charge in [0.15, 0.2) is 11.6 Å². The van der Waals surface area contributed by atoms with Crippen LogP contribution in [0.25, 0.3) is 11.5 Å². The number of hydrogen-bond acceptors (Lipinski definition) is 7. The second-order valence-electron chi connectivity index (χ2n) is 5.00. The summed E-state index contributed by atoms with van der Waals surface area (Å²) in [5.41, 5.74) is 0.689. The van der Waals surface area contributed by atoms with Crippen molar-refractivity contribution in [3.05, 3.63) is 45.8 Å². The van der Waals surface area contributed by atoms with Crippen molar-refractivity contribution >= 4 is 29.0 Å². The predicted octanol–water partition coefficient (Wildman–Crippen LogP) is 3.07. The summed E-state index contributed by atoms with van der Waals surface area (Å²) < 4.78 is 10.1. The molecule has 0 unspecified atom stereocenters. The number of ether oxygens (including phenoxy) is 1. The first-order valence-electron chi connectivity index (χ1n) is 7.10. The Morgan fingerprint density at radius 2 is 2.12 bits per heavy atom. The fourth-order valence-electron chi connectivity index (χ4n) is 2.14. The van der Waals surface area contributed by atoms with E-state index in [-0.39, 0.29) is 22.7 Å². The van der Waals surface area contributed by atoms with Crippen LogP contribution in [0.15, 0.2) is 34.2 Å². The quantitative estimate of drug-likeness (QED) is 0.719. The van der Waals surface area contributed by atoms with Crippen LogP contribution < -0.4 is 10.1 Å². The lowest BCUT2D eigenvalue weighted by Crippen LogP contribution is -2.13. The number of nitrogens with zero attached hydrogens (tertiary/aromatic N) is 2. The van der Waals surface area contributed by atoms with Crippen molar-refractivity contribution < 1.29 is 24.0 Å². The first-order chi connectivity index (χ1) is 12.0. The van der Waals surface area contributed by atoms with Gasteiger partial charge in [0, 0.05) is 17.0 Å². The summed E-state index contributed by atoms with van der Waals surface area (Å²) in [6, 6.07) is 5.67. The first-order valence-corrected chi connectivity index (χ1v) is 7.98. The standard InChI is InChI=1S/C16H13N3O5S/c1-8-17-11(7-25-8)13-6-14(19-24-13)18-15(20)9-3-4-12(23-2)10(5-9)16(21)22/h3-7H,1-2H3,(H,21,22)(H,18,19,20). The van der Waals surface area contributed by atoms with E-state index >= 15 is 0 Å². The molecule has 2 heterocycles. The minimum atomic E-state index is -1.19. The number of aryl methyl sites for hydroxylation is 1. The van der Waals surface area contributed by atoms with E-state index in [4.69, 9.17) is 9.26 Å². The molecular weight excluding hydrogens is 346 g/mol. The predicted molar refractivity (Wildman–Crippen MR) is 90.3 cm³/mol. The number of aromatic nitrogens is 2. The summed E-state index contributed by atoms with van der Waals surface area (Å²) in [4.78, 5) is 27.8. The molecule has 128 valence electrons. The molecule has 0 radical (unpaired) electrons. The van der Waals surface area contributed by atoms with Gasteiger partial charge in [-0.15, -0.1) is 11.3 Å². The molecule has 2 N–H and O–H groups in total. The SMILES string of the molecule is COc1ccc(C(=O)Nc2cc(-c3csc(C)n3)on2)cc1C(=O)O. The van der Waals surface area contributed by atoms with Crippen molar-refractivity contribution in [3.8, 4) is 17.2 Å². The Labute approximate surface area is 146 Å². The maximum absolute atomic E-state index is 12.3. The third-order valence-corrected chi connectivity index (χ3v) is 4.09. The normalized spacial score (nSPS) is 10.5. The zero-order valence-electron chi connectivity index (χ0n) is 13.3. The molecule has 0 aliphatic rings. The molecule has 2 aromatic heterocycles. The number of aromatic carboxylic acids is 1. The number of nitrogens with one attached hydrogen (secondary N) is 1. The Morgan fingerprint density at radius 3 is 2.76 bits per heavy atom. The van der Waals surface area contributed by atoms with Gasteiger partial charge in [0.2, 0.25) is 0 Å². The van der Waals surface area contributed by atoms with Crippen LogP contribution in [0, 0.1) is 6.92 Å². The van der Waals surface area contributed by atoms with Crippen LogP contribution in [0.4, 0.5) is 5.82 Å². The number of carbonyl (C=O) groups is 2. The summed E-state index contributed by atoms with van der Waals surface area (Å²) in [5, 5.41) is 18.2. The molecule has 9 heteroatoms. The topological polar surface area (TPSA) is 115 Å². The maximum Gasteiger partial charge on any atom is 0.339 e. The second kappa shape index (κ2) is 6.73.